The first-order chi connectivity index (χ1) is 32.2. The van der Waals surface area contributed by atoms with E-state index in [1.54, 1.807) is 6.08 Å². The summed E-state index contributed by atoms with van der Waals surface area (Å²) in [7, 11) is 0. The molecule has 0 aliphatic rings. The zero-order chi connectivity index (χ0) is 47.0. The molecule has 2 unspecified atom stereocenters. The van der Waals surface area contributed by atoms with Crippen LogP contribution in [0.4, 0.5) is 0 Å². The van der Waals surface area contributed by atoms with Crippen LogP contribution in [-0.2, 0) is 4.79 Å². The van der Waals surface area contributed by atoms with Gasteiger partial charge in [-0.1, -0.05) is 258 Å². The number of rotatable bonds is 49. The fourth-order valence-electron chi connectivity index (χ4n) is 7.80. The van der Waals surface area contributed by atoms with E-state index in [4.69, 9.17) is 0 Å². The molecule has 0 spiro atoms. The van der Waals surface area contributed by atoms with Gasteiger partial charge in [0.1, 0.15) is 0 Å². The lowest BCUT2D eigenvalue weighted by Crippen LogP contribution is -2.45. The molecule has 0 saturated heterocycles. The molecule has 0 saturated carbocycles. The molecule has 4 nitrogen and oxygen atoms in total. The minimum Gasteiger partial charge on any atom is -0.394 e. The van der Waals surface area contributed by atoms with Crippen molar-refractivity contribution in [2.24, 2.45) is 0 Å². The molecular formula is C61H105NO3. The largest absolute Gasteiger partial charge is 0.394 e. The Kier molecular flexibility index (Phi) is 52.9. The fraction of sp³-hybridized carbons (Fsp3) is 0.689. The maximum absolute atomic E-state index is 12.5. The number of aliphatic hydroxyl groups excluding tert-OH is 2. The average molecular weight is 901 g/mol. The molecule has 0 aliphatic carbocycles. The monoisotopic (exact) mass is 900 g/mol. The second-order valence-electron chi connectivity index (χ2n) is 18.2. The normalized spacial score (nSPS) is 13.7. The van der Waals surface area contributed by atoms with E-state index in [1.165, 1.54) is 154 Å². The number of hydrogen-bond donors (Lipinski definition) is 3. The van der Waals surface area contributed by atoms with Crippen molar-refractivity contribution < 1.29 is 15.0 Å². The number of unbranched alkanes of at least 4 members (excludes halogenated alkanes) is 26. The zero-order valence-electron chi connectivity index (χ0n) is 42.7. The van der Waals surface area contributed by atoms with Crippen LogP contribution in [0.1, 0.15) is 251 Å². The van der Waals surface area contributed by atoms with Crippen LogP contribution in [0.15, 0.2) is 109 Å². The Morgan fingerprint density at radius 1 is 0.385 bits per heavy atom. The van der Waals surface area contributed by atoms with Crippen LogP contribution in [0.3, 0.4) is 0 Å². The topological polar surface area (TPSA) is 69.6 Å². The number of hydrogen-bond acceptors (Lipinski definition) is 3. The summed E-state index contributed by atoms with van der Waals surface area (Å²) in [5.41, 5.74) is 0. The van der Waals surface area contributed by atoms with Gasteiger partial charge in [-0.05, 0) is 96.3 Å². The lowest BCUT2D eigenvalue weighted by atomic mass is 10.0. The second-order valence-corrected chi connectivity index (χ2v) is 18.2. The van der Waals surface area contributed by atoms with Crippen molar-refractivity contribution in [1.82, 2.24) is 5.32 Å². The highest BCUT2D eigenvalue weighted by Gasteiger charge is 2.17. The second kappa shape index (κ2) is 55.4. The molecule has 0 aromatic carbocycles. The van der Waals surface area contributed by atoms with Gasteiger partial charge in [0.05, 0.1) is 18.8 Å². The van der Waals surface area contributed by atoms with Crippen LogP contribution in [0, 0.1) is 0 Å². The van der Waals surface area contributed by atoms with Gasteiger partial charge in [-0.15, -0.1) is 0 Å². The Bertz CT molecular complexity index is 1250. The van der Waals surface area contributed by atoms with Gasteiger partial charge >= 0.3 is 0 Å². The smallest absolute Gasteiger partial charge is 0.220 e. The number of aliphatic hydroxyl groups is 2. The molecule has 0 fully saturated rings. The number of carbonyl (C=O) groups is 1. The molecule has 0 rings (SSSR count). The Labute approximate surface area is 404 Å². The summed E-state index contributed by atoms with van der Waals surface area (Å²) < 4.78 is 0. The molecule has 372 valence electrons. The van der Waals surface area contributed by atoms with Gasteiger partial charge in [-0.25, -0.2) is 0 Å². The number of allylic oxidation sites excluding steroid dienone is 17. The van der Waals surface area contributed by atoms with Crippen molar-refractivity contribution in [3.05, 3.63) is 109 Å². The van der Waals surface area contributed by atoms with E-state index < -0.39 is 12.1 Å². The minimum absolute atomic E-state index is 0.0804. The van der Waals surface area contributed by atoms with Crippen LogP contribution >= 0.6 is 0 Å². The molecule has 3 N–H and O–H groups in total. The number of amides is 1. The van der Waals surface area contributed by atoms with Gasteiger partial charge in [0.15, 0.2) is 0 Å². The molecule has 0 aromatic rings. The van der Waals surface area contributed by atoms with E-state index in [0.717, 1.165) is 77.0 Å². The van der Waals surface area contributed by atoms with E-state index >= 15 is 0 Å². The van der Waals surface area contributed by atoms with Crippen molar-refractivity contribution in [2.75, 3.05) is 6.61 Å². The van der Waals surface area contributed by atoms with Crippen molar-refractivity contribution in [3.8, 4) is 0 Å². The first kappa shape index (κ1) is 62.1. The third kappa shape index (κ3) is 51.9. The minimum atomic E-state index is -0.875. The average Bonchev–Trinajstić information content (AvgIpc) is 3.31. The highest BCUT2D eigenvalue weighted by molar-refractivity contribution is 5.76. The maximum atomic E-state index is 12.5. The van der Waals surface area contributed by atoms with Gasteiger partial charge < -0.3 is 15.5 Å². The van der Waals surface area contributed by atoms with E-state index in [9.17, 15) is 15.0 Å². The summed E-state index contributed by atoms with van der Waals surface area (Å²) in [6.07, 6.45) is 83.8. The van der Waals surface area contributed by atoms with Crippen LogP contribution in [0.2, 0.25) is 0 Å². The SMILES string of the molecule is CC/C=C\C/C=C\C/C=C\C/C=C\C/C=C\C/C=C\CCCCCCCCCCCCCCCCCCC(=O)NC(CO)C(O)/C=C/CC/C=C/CC/C=C/CCCCCCCCCC. The third-order valence-electron chi connectivity index (χ3n) is 12.0. The summed E-state index contributed by atoms with van der Waals surface area (Å²) in [6.45, 7) is 4.18. The summed E-state index contributed by atoms with van der Waals surface area (Å²) >= 11 is 0. The molecule has 2 atom stereocenters. The van der Waals surface area contributed by atoms with E-state index in [1.807, 2.05) is 6.08 Å². The number of nitrogens with one attached hydrogen (secondary N) is 1. The van der Waals surface area contributed by atoms with Gasteiger partial charge in [-0.2, -0.15) is 0 Å². The molecule has 65 heavy (non-hydrogen) atoms. The van der Waals surface area contributed by atoms with Gasteiger partial charge in [0, 0.05) is 6.42 Å². The van der Waals surface area contributed by atoms with E-state index in [2.05, 4.69) is 116 Å². The highest BCUT2D eigenvalue weighted by atomic mass is 16.3. The van der Waals surface area contributed by atoms with Crippen LogP contribution in [0.25, 0.3) is 0 Å². The van der Waals surface area contributed by atoms with Crippen molar-refractivity contribution in [1.29, 1.82) is 0 Å². The zero-order valence-corrected chi connectivity index (χ0v) is 42.7. The predicted octanol–water partition coefficient (Wildman–Crippen LogP) is 18.3. The standard InChI is InChI=1S/C61H105NO3/c1-3-5-7-9-11-13-15-17-19-21-23-24-25-26-27-28-29-30-31-32-33-34-35-36-37-38-39-41-43-45-47-49-51-53-55-57-61(65)62-59(58-63)60(64)56-54-52-50-48-46-44-42-40-22-20-18-16-14-12-10-8-6-4-2/h5,7,11,13,17,19,22-24,26-27,29-30,40,46,48,54,56,59-60,63-64H,3-4,6,8-10,12,14-16,18,20-21,25,28,31-39,41-45,47,49-53,55,57-58H2,1-2H3,(H,62,65)/b7-5-,13-11-,19-17-,24-23-,27-26-,30-29-,40-22+,48-46+,56-54+. The van der Waals surface area contributed by atoms with Crippen LogP contribution < -0.4 is 5.32 Å². The van der Waals surface area contributed by atoms with Crippen LogP contribution in [0.5, 0.6) is 0 Å². The van der Waals surface area contributed by atoms with Crippen molar-refractivity contribution >= 4 is 5.91 Å². The number of carbonyl (C=O) groups excluding carboxylic acids is 1. The quantitative estimate of drug-likeness (QED) is 0.0421. The summed E-state index contributed by atoms with van der Waals surface area (Å²) in [5.74, 6) is -0.0804. The Morgan fingerprint density at radius 2 is 0.692 bits per heavy atom. The first-order valence-electron chi connectivity index (χ1n) is 27.6. The highest BCUT2D eigenvalue weighted by Crippen LogP contribution is 2.15. The van der Waals surface area contributed by atoms with Gasteiger partial charge in [0.25, 0.3) is 0 Å². The predicted molar refractivity (Wildman–Crippen MR) is 289 cm³/mol. The molecule has 4 heteroatoms. The molecule has 0 radical (unpaired) electrons. The van der Waals surface area contributed by atoms with Crippen LogP contribution in [-0.4, -0.2) is 34.9 Å². The van der Waals surface area contributed by atoms with Gasteiger partial charge in [0.2, 0.25) is 5.91 Å². The molecule has 0 aromatic heterocycles. The summed E-state index contributed by atoms with van der Waals surface area (Å²) in [6, 6.07) is -0.651. The molecular weight excluding hydrogens is 795 g/mol. The first-order valence-corrected chi connectivity index (χ1v) is 27.6. The molecule has 1 amide bonds. The van der Waals surface area contributed by atoms with E-state index in [-0.39, 0.29) is 12.5 Å². The molecule has 0 bridgehead atoms. The Balaban J connectivity index is 3.56. The Hall–Kier alpha value is -2.95. The summed E-state index contributed by atoms with van der Waals surface area (Å²) in [5, 5.41) is 23.1. The lowest BCUT2D eigenvalue weighted by Gasteiger charge is -2.19. The summed E-state index contributed by atoms with van der Waals surface area (Å²) in [4.78, 5) is 12.5. The maximum Gasteiger partial charge on any atom is 0.220 e. The van der Waals surface area contributed by atoms with E-state index in [0.29, 0.717) is 6.42 Å². The van der Waals surface area contributed by atoms with Crippen molar-refractivity contribution in [2.45, 2.75) is 264 Å². The lowest BCUT2D eigenvalue weighted by molar-refractivity contribution is -0.123. The molecule has 0 aliphatic heterocycles. The fourth-order valence-corrected chi connectivity index (χ4v) is 7.80. The third-order valence-corrected chi connectivity index (χ3v) is 12.0. The Morgan fingerprint density at radius 3 is 1.08 bits per heavy atom. The molecule has 0 heterocycles. The van der Waals surface area contributed by atoms with Gasteiger partial charge in [-0.3, -0.25) is 4.79 Å². The van der Waals surface area contributed by atoms with Crippen molar-refractivity contribution in [3.63, 3.8) is 0 Å².